The van der Waals surface area contributed by atoms with Gasteiger partial charge in [-0.2, -0.15) is 16.8 Å². The van der Waals surface area contributed by atoms with Crippen LogP contribution in [-0.2, 0) is 50.6 Å². The Morgan fingerprint density at radius 2 is 1.58 bits per heavy atom. The lowest BCUT2D eigenvalue weighted by atomic mass is 10.1. The molecule has 0 fully saturated rings. The van der Waals surface area contributed by atoms with Gasteiger partial charge in [0.25, 0.3) is 10.1 Å². The maximum absolute atomic E-state index is 11.8. The smallest absolute Gasteiger partial charge is 0.320 e. The molecule has 0 spiro atoms. The van der Waals surface area contributed by atoms with Crippen LogP contribution in [0.15, 0.2) is 53.4 Å². The third-order valence-electron chi connectivity index (χ3n) is 3.59. The van der Waals surface area contributed by atoms with Crippen molar-refractivity contribution in [2.45, 2.75) is 38.1 Å². The Morgan fingerprint density at radius 1 is 1.06 bits per heavy atom. The number of alkyl halides is 2. The van der Waals surface area contributed by atoms with Gasteiger partial charge in [0, 0.05) is 2.74 Å². The van der Waals surface area contributed by atoms with E-state index < -0.39 is 35.5 Å². The normalized spacial score (nSPS) is 11.0. The summed E-state index contributed by atoms with van der Waals surface area (Å²) in [7, 11) is -3.66. The van der Waals surface area contributed by atoms with Gasteiger partial charge in [-0.25, -0.2) is 4.39 Å². The zero-order chi connectivity index (χ0) is 30.0. The van der Waals surface area contributed by atoms with Gasteiger partial charge in [-0.05, 0) is 57.0 Å². The van der Waals surface area contributed by atoms with Gasteiger partial charge in [0.05, 0.1) is 18.2 Å². The van der Waals surface area contributed by atoms with E-state index in [-0.39, 0.29) is 38.3 Å². The zero-order valence-electron chi connectivity index (χ0n) is 21.5. The highest BCUT2D eigenvalue weighted by atomic mass is 32.2. The maximum Gasteiger partial charge on any atom is 0.320 e. The zero-order valence-corrected chi connectivity index (χ0v) is 22.0. The summed E-state index contributed by atoms with van der Waals surface area (Å²) >= 11 is 5.67. The molecule has 0 saturated carbocycles. The molecule has 1 atom stereocenters. The van der Waals surface area contributed by atoms with Gasteiger partial charge >= 0.3 is 5.97 Å². The van der Waals surface area contributed by atoms with E-state index in [0.29, 0.717) is 5.75 Å². The lowest BCUT2D eigenvalue weighted by Crippen LogP contribution is -2.32. The van der Waals surface area contributed by atoms with Crippen molar-refractivity contribution >= 4 is 41.2 Å². The number of carboxylic acids is 1. The number of hydrogen-bond donors (Lipinski definition) is 2. The Kier molecular flexibility index (Phi) is 22.5. The minimum Gasteiger partial charge on any atom is -0.491 e. The molecule has 0 aromatic heterocycles. The predicted molar refractivity (Wildman–Crippen MR) is 135 cm³/mol. The van der Waals surface area contributed by atoms with E-state index in [1.165, 1.54) is 12.1 Å². The number of nitrogens with two attached hydrogens (primary N) is 1. The molecule has 0 aliphatic carbocycles. The van der Waals surface area contributed by atoms with Crippen LogP contribution in [0.3, 0.4) is 0 Å². The largest absolute Gasteiger partial charge is 0.491 e. The number of halogens is 2. The van der Waals surface area contributed by atoms with E-state index in [0.717, 1.165) is 11.1 Å². The third-order valence-corrected chi connectivity index (χ3v) is 4.92. The molecule has 2 rings (SSSR count). The summed E-state index contributed by atoms with van der Waals surface area (Å²) in [6.07, 6.45) is 0.263. The molecule has 0 heterocycles. The molecule has 0 amide bonds. The maximum atomic E-state index is 11.8. The van der Waals surface area contributed by atoms with Gasteiger partial charge in [-0.15, -0.1) is 0 Å². The number of ether oxygens (including phenoxy) is 1. The minimum absolute atomic E-state index is 0.0218. The molecule has 204 valence electrons. The second kappa shape index (κ2) is 24.2. The Hall–Kier alpha value is -2.52. The molecular formula is C22H31F2NO8S3. The quantitative estimate of drug-likeness (QED) is 0.426. The summed E-state index contributed by atoms with van der Waals surface area (Å²) in [6, 6.07) is 12.3. The van der Waals surface area contributed by atoms with Gasteiger partial charge in [-0.1, -0.05) is 29.8 Å². The Bertz CT molecular complexity index is 956. The van der Waals surface area contributed by atoms with E-state index in [4.69, 9.17) is 26.7 Å². The van der Waals surface area contributed by atoms with Crippen LogP contribution in [0.4, 0.5) is 8.78 Å². The topological polar surface area (TPSA) is 150 Å². The summed E-state index contributed by atoms with van der Waals surface area (Å²) < 4.78 is 83.3. The van der Waals surface area contributed by atoms with Crippen molar-refractivity contribution in [2.24, 2.45) is 5.73 Å². The van der Waals surface area contributed by atoms with Crippen molar-refractivity contribution in [1.82, 2.24) is 0 Å². The fourth-order valence-corrected chi connectivity index (χ4v) is 2.93. The van der Waals surface area contributed by atoms with Crippen molar-refractivity contribution < 1.29 is 47.2 Å². The highest BCUT2D eigenvalue weighted by molar-refractivity contribution is 7.86. The van der Waals surface area contributed by atoms with Crippen LogP contribution in [0, 0.1) is 6.92 Å². The van der Waals surface area contributed by atoms with E-state index in [9.17, 15) is 22.0 Å². The Balaban J connectivity index is -0.000000509. The Morgan fingerprint density at radius 3 is 2.00 bits per heavy atom. The standard InChI is InChI=1S/C11H14FNO3.C9H12O3S.C2H5F.2OS/c12-5-6-16-9-3-1-8(2-4-9)7-10(13)11(14)15;1-3-12-13(10,11)9-6-4-8(2)5-7-9;1-2-3;2*1-2/h1-4,10H,5-7,13H2,(H,14,15);4-7H,3H2,1-2H3;2H2,1H3;;/t10-;;;;/m0..../s1/i12-1;1T;1T,3-1;;. The number of aliphatic carboxylic acids is 1. The van der Waals surface area contributed by atoms with Gasteiger partial charge in [0.1, 0.15) is 25.1 Å². The summed E-state index contributed by atoms with van der Waals surface area (Å²) in [5, 5.41) is 8.62. The molecule has 3 N–H and O–H groups in total. The fraction of sp³-hybridized carbons (Fsp3) is 0.409. The number of hydrogen-bond acceptors (Lipinski definition) is 10. The van der Waals surface area contributed by atoms with Crippen LogP contribution in [0.1, 0.15) is 27.7 Å². The van der Waals surface area contributed by atoms with Crippen LogP contribution in [-0.4, -0.2) is 60.5 Å². The lowest BCUT2D eigenvalue weighted by Gasteiger charge is -2.07. The first-order valence-electron chi connectivity index (χ1n) is 11.2. The molecule has 0 aliphatic heterocycles. The number of aryl methyl sites for hydroxylation is 1. The molecule has 0 aliphatic rings. The molecule has 0 bridgehead atoms. The average Bonchev–Trinajstić information content (AvgIpc) is 2.94. The summed E-state index contributed by atoms with van der Waals surface area (Å²) in [4.78, 5) is 10.7. The molecule has 0 unspecified atom stereocenters. The predicted octanol–water partition coefficient (Wildman–Crippen LogP) is 3.01. The van der Waals surface area contributed by atoms with Gasteiger partial charge in [0.15, 0.2) is 25.1 Å². The molecule has 9 nitrogen and oxygen atoms in total. The van der Waals surface area contributed by atoms with Crippen molar-refractivity contribution in [1.29, 1.82) is 0 Å². The first-order valence-corrected chi connectivity index (χ1v) is 11.9. The van der Waals surface area contributed by atoms with Gasteiger partial charge < -0.3 is 15.6 Å². The van der Waals surface area contributed by atoms with Crippen molar-refractivity contribution in [2.75, 3.05) is 26.6 Å². The van der Waals surface area contributed by atoms with Gasteiger partial charge in [-0.3, -0.25) is 13.4 Å². The van der Waals surface area contributed by atoms with Crippen LogP contribution in [0.2, 0.25) is 0 Å². The van der Waals surface area contributed by atoms with Gasteiger partial charge in [0.2, 0.25) is 0 Å². The van der Waals surface area contributed by atoms with Crippen LogP contribution < -0.4 is 10.5 Å². The van der Waals surface area contributed by atoms with Crippen LogP contribution in [0.5, 0.6) is 5.75 Å². The molecule has 0 radical (unpaired) electrons. The van der Waals surface area contributed by atoms with Crippen molar-refractivity contribution in [3.05, 3.63) is 59.7 Å². The molecule has 2 aromatic rings. The lowest BCUT2D eigenvalue weighted by molar-refractivity contribution is -0.138. The number of rotatable bonds is 9. The first-order chi connectivity index (χ1) is 18.1. The number of carbonyl (C=O) groups is 1. The second-order valence-electron chi connectivity index (χ2n) is 6.11. The molecule has 36 heavy (non-hydrogen) atoms. The van der Waals surface area contributed by atoms with E-state index in [2.05, 4.69) is 29.2 Å². The minimum atomic E-state index is -3.66. The number of carboxylic acid groups (broad SMARTS) is 1. The fourth-order valence-electron chi connectivity index (χ4n) is 2.10. The molecule has 14 heteroatoms. The van der Waals surface area contributed by atoms with E-state index in [1.807, 2.05) is 6.92 Å². The number of benzene rings is 2. The average molecular weight is 574 g/mol. The van der Waals surface area contributed by atoms with E-state index in [1.54, 1.807) is 36.4 Å². The second-order valence-corrected chi connectivity index (χ2v) is 7.72. The first kappa shape index (κ1) is 33.5. The monoisotopic (exact) mass is 573 g/mol. The molecule has 0 saturated heterocycles. The molecular weight excluding hydrogens is 538 g/mol. The van der Waals surface area contributed by atoms with Crippen LogP contribution in [0.25, 0.3) is 0 Å². The summed E-state index contributed by atoms with van der Waals surface area (Å²) in [5.74, 6) is -0.469. The van der Waals surface area contributed by atoms with Crippen molar-refractivity contribution in [3.8, 4) is 5.75 Å². The highest BCUT2D eigenvalue weighted by Gasteiger charge is 2.13. The summed E-state index contributed by atoms with van der Waals surface area (Å²) in [5.41, 5.74) is 7.18. The third kappa shape index (κ3) is 18.8. The Labute approximate surface area is 224 Å². The van der Waals surface area contributed by atoms with Crippen molar-refractivity contribution in [3.63, 3.8) is 0 Å². The summed E-state index contributed by atoms with van der Waals surface area (Å²) in [6.45, 7) is 0.585. The van der Waals surface area contributed by atoms with Crippen LogP contribution >= 0.6 is 0 Å². The molecule has 2 aromatic carbocycles. The SMILES string of the molecule is N[C@@H](Cc1ccc(OCC[18F])cc1)C(=O)O.O=S.O=S.[3H]CCOS(=O)(=O)c1ccc(C)cc1.[3H]CC[18F]. The van der Waals surface area contributed by atoms with E-state index >= 15 is 0 Å². The highest BCUT2D eigenvalue weighted by Crippen LogP contribution is 2.13.